The summed E-state index contributed by atoms with van der Waals surface area (Å²) >= 11 is 0. The van der Waals surface area contributed by atoms with Gasteiger partial charge in [-0.2, -0.15) is 0 Å². The topological polar surface area (TPSA) is 33.7 Å². The van der Waals surface area contributed by atoms with Crippen LogP contribution < -0.4 is 5.32 Å². The van der Waals surface area contributed by atoms with E-state index in [0.717, 1.165) is 32.8 Å². The third-order valence-electron chi connectivity index (χ3n) is 2.45. The average molecular weight is 202 g/mol. The van der Waals surface area contributed by atoms with Crippen LogP contribution in [0.1, 0.15) is 6.92 Å². The van der Waals surface area contributed by atoms with Crippen LogP contribution in [0.15, 0.2) is 0 Å². The number of methoxy groups -OCH3 is 1. The summed E-state index contributed by atoms with van der Waals surface area (Å²) in [5.74, 6) is 0. The van der Waals surface area contributed by atoms with Gasteiger partial charge in [0.25, 0.3) is 0 Å². The number of nitrogens with one attached hydrogen (secondary N) is 1. The lowest BCUT2D eigenvalue weighted by atomic mass is 10.2. The number of nitrogens with zero attached hydrogens (tertiary/aromatic N) is 1. The predicted molar refractivity (Wildman–Crippen MR) is 56.6 cm³/mol. The Bertz CT molecular complexity index is 155. The van der Waals surface area contributed by atoms with Crippen molar-refractivity contribution in [3.8, 4) is 0 Å². The molecule has 0 spiro atoms. The first-order chi connectivity index (χ1) is 6.72. The Morgan fingerprint density at radius 1 is 1.64 bits per heavy atom. The van der Waals surface area contributed by atoms with Gasteiger partial charge >= 0.3 is 0 Å². The molecule has 0 aliphatic carbocycles. The van der Waals surface area contributed by atoms with E-state index in [0.29, 0.717) is 12.1 Å². The molecule has 4 heteroatoms. The highest BCUT2D eigenvalue weighted by atomic mass is 16.5. The molecule has 1 N–H and O–H groups in total. The molecule has 4 nitrogen and oxygen atoms in total. The third-order valence-corrected chi connectivity index (χ3v) is 2.45. The lowest BCUT2D eigenvalue weighted by Gasteiger charge is -2.30. The van der Waals surface area contributed by atoms with Crippen LogP contribution >= 0.6 is 0 Å². The fourth-order valence-corrected chi connectivity index (χ4v) is 1.63. The van der Waals surface area contributed by atoms with Crippen molar-refractivity contribution in [2.24, 2.45) is 0 Å². The number of ether oxygens (including phenoxy) is 2. The molecule has 0 bridgehead atoms. The quantitative estimate of drug-likeness (QED) is 0.677. The molecule has 0 unspecified atom stereocenters. The second kappa shape index (κ2) is 6.35. The van der Waals surface area contributed by atoms with Gasteiger partial charge in [-0.15, -0.1) is 0 Å². The van der Waals surface area contributed by atoms with E-state index < -0.39 is 0 Å². The molecule has 1 aliphatic heterocycles. The first kappa shape index (κ1) is 11.9. The molecule has 1 aliphatic rings. The zero-order chi connectivity index (χ0) is 10.4. The monoisotopic (exact) mass is 202 g/mol. The van der Waals surface area contributed by atoms with Crippen molar-refractivity contribution in [2.75, 3.05) is 47.0 Å². The van der Waals surface area contributed by atoms with Crippen molar-refractivity contribution in [3.63, 3.8) is 0 Å². The first-order valence-electron chi connectivity index (χ1n) is 5.25. The fourth-order valence-electron chi connectivity index (χ4n) is 1.63. The van der Waals surface area contributed by atoms with Crippen molar-refractivity contribution in [2.45, 2.75) is 19.1 Å². The third kappa shape index (κ3) is 4.37. The van der Waals surface area contributed by atoms with E-state index in [1.807, 2.05) is 0 Å². The molecular formula is C10H22N2O2. The molecule has 0 aromatic rings. The normalized spacial score (nSPS) is 26.4. The molecule has 2 atom stereocenters. The van der Waals surface area contributed by atoms with E-state index >= 15 is 0 Å². The minimum atomic E-state index is 0.327. The molecule has 84 valence electrons. The van der Waals surface area contributed by atoms with Gasteiger partial charge in [0, 0.05) is 32.8 Å². The van der Waals surface area contributed by atoms with Crippen molar-refractivity contribution < 1.29 is 9.47 Å². The average Bonchev–Trinajstić information content (AvgIpc) is 2.15. The van der Waals surface area contributed by atoms with Crippen LogP contribution in [0.4, 0.5) is 0 Å². The number of rotatable bonds is 5. The van der Waals surface area contributed by atoms with E-state index in [4.69, 9.17) is 9.47 Å². The summed E-state index contributed by atoms with van der Waals surface area (Å²) in [5.41, 5.74) is 0. The molecule has 1 heterocycles. The number of hydrogen-bond acceptors (Lipinski definition) is 4. The van der Waals surface area contributed by atoms with Gasteiger partial charge in [-0.25, -0.2) is 0 Å². The Kier molecular flexibility index (Phi) is 5.40. The Labute approximate surface area is 86.6 Å². The van der Waals surface area contributed by atoms with Crippen molar-refractivity contribution in [3.05, 3.63) is 0 Å². The Morgan fingerprint density at radius 2 is 2.43 bits per heavy atom. The smallest absolute Gasteiger partial charge is 0.0826 e. The summed E-state index contributed by atoms with van der Waals surface area (Å²) in [7, 11) is 3.86. The van der Waals surface area contributed by atoms with Gasteiger partial charge in [0.15, 0.2) is 0 Å². The van der Waals surface area contributed by atoms with Gasteiger partial charge in [0.1, 0.15) is 0 Å². The van der Waals surface area contributed by atoms with E-state index in [1.54, 1.807) is 7.11 Å². The highest BCUT2D eigenvalue weighted by Gasteiger charge is 2.17. The van der Waals surface area contributed by atoms with Gasteiger partial charge in [-0.05, 0) is 14.0 Å². The highest BCUT2D eigenvalue weighted by Crippen LogP contribution is 2.01. The number of hydrogen-bond donors (Lipinski definition) is 1. The van der Waals surface area contributed by atoms with Crippen LogP contribution in [-0.4, -0.2) is 64.1 Å². The Balaban J connectivity index is 2.10. The summed E-state index contributed by atoms with van der Waals surface area (Å²) in [6.07, 6.45) is 0.327. The minimum Gasteiger partial charge on any atom is -0.383 e. The Morgan fingerprint density at radius 3 is 3.07 bits per heavy atom. The van der Waals surface area contributed by atoms with E-state index in [2.05, 4.69) is 24.2 Å². The maximum atomic E-state index is 5.63. The standard InChI is InChI=1S/C10H22N2O2/c1-9(8-13-3)11-6-10-7-12(2)4-5-14-10/h9-11H,4-8H2,1-3H3/t9-,10-/m1/s1. The van der Waals surface area contributed by atoms with Crippen molar-refractivity contribution in [1.82, 2.24) is 10.2 Å². The van der Waals surface area contributed by atoms with Gasteiger partial charge in [0.2, 0.25) is 0 Å². The molecular weight excluding hydrogens is 180 g/mol. The molecule has 1 saturated heterocycles. The number of likely N-dealkylation sites (N-methyl/N-ethyl adjacent to an activating group) is 1. The molecule has 1 rings (SSSR count). The van der Waals surface area contributed by atoms with Crippen LogP contribution in [0.2, 0.25) is 0 Å². The zero-order valence-electron chi connectivity index (χ0n) is 9.45. The van der Waals surface area contributed by atoms with Gasteiger partial charge in [-0.1, -0.05) is 0 Å². The van der Waals surface area contributed by atoms with Crippen LogP contribution in [-0.2, 0) is 9.47 Å². The second-order valence-electron chi connectivity index (χ2n) is 4.02. The summed E-state index contributed by atoms with van der Waals surface area (Å²) in [6, 6.07) is 0.399. The maximum absolute atomic E-state index is 5.63. The molecule has 0 aromatic carbocycles. The minimum absolute atomic E-state index is 0.327. The van der Waals surface area contributed by atoms with E-state index in [-0.39, 0.29) is 0 Å². The van der Waals surface area contributed by atoms with E-state index in [1.165, 1.54) is 0 Å². The highest BCUT2D eigenvalue weighted by molar-refractivity contribution is 4.72. The lowest BCUT2D eigenvalue weighted by molar-refractivity contribution is -0.0200. The van der Waals surface area contributed by atoms with Crippen molar-refractivity contribution in [1.29, 1.82) is 0 Å². The van der Waals surface area contributed by atoms with Gasteiger partial charge in [-0.3, -0.25) is 0 Å². The van der Waals surface area contributed by atoms with Crippen LogP contribution in [0, 0.1) is 0 Å². The van der Waals surface area contributed by atoms with Crippen LogP contribution in [0.5, 0.6) is 0 Å². The van der Waals surface area contributed by atoms with Crippen molar-refractivity contribution >= 4 is 0 Å². The zero-order valence-corrected chi connectivity index (χ0v) is 9.45. The SMILES string of the molecule is COC[C@@H](C)NC[C@@H]1CN(C)CCO1. The summed E-state index contributed by atoms with van der Waals surface area (Å²) in [5, 5.41) is 3.40. The molecule has 0 amide bonds. The molecule has 1 fully saturated rings. The van der Waals surface area contributed by atoms with E-state index in [9.17, 15) is 0 Å². The van der Waals surface area contributed by atoms with Crippen LogP contribution in [0.25, 0.3) is 0 Å². The number of morpholine rings is 1. The predicted octanol–water partition coefficient (Wildman–Crippen LogP) is -0.0585. The molecule has 0 saturated carbocycles. The fraction of sp³-hybridized carbons (Fsp3) is 1.00. The summed E-state index contributed by atoms with van der Waals surface area (Å²) in [4.78, 5) is 2.30. The largest absolute Gasteiger partial charge is 0.383 e. The molecule has 0 radical (unpaired) electrons. The molecule has 0 aromatic heterocycles. The van der Waals surface area contributed by atoms with Gasteiger partial charge < -0.3 is 19.7 Å². The Hall–Kier alpha value is -0.160. The van der Waals surface area contributed by atoms with Crippen LogP contribution in [0.3, 0.4) is 0 Å². The molecule has 14 heavy (non-hydrogen) atoms. The van der Waals surface area contributed by atoms with Gasteiger partial charge in [0.05, 0.1) is 19.3 Å². The maximum Gasteiger partial charge on any atom is 0.0826 e. The summed E-state index contributed by atoms with van der Waals surface area (Å²) in [6.45, 7) is 6.70. The first-order valence-corrected chi connectivity index (χ1v) is 5.25. The summed E-state index contributed by atoms with van der Waals surface area (Å²) < 4.78 is 10.7. The lowest BCUT2D eigenvalue weighted by Crippen LogP contribution is -2.47. The second-order valence-corrected chi connectivity index (χ2v) is 4.02.